The Bertz CT molecular complexity index is 335. The average Bonchev–Trinajstić information content (AvgIpc) is 2.80. The minimum Gasteiger partial charge on any atom is -0.492 e. The molecule has 0 saturated heterocycles. The van der Waals surface area contributed by atoms with Gasteiger partial charge in [0.05, 0.1) is 5.54 Å². The molecule has 0 atom stereocenters. The van der Waals surface area contributed by atoms with E-state index in [1.54, 1.807) is 6.07 Å². The summed E-state index contributed by atoms with van der Waals surface area (Å²) in [5.74, 6) is 0.0427. The molecule has 15 heavy (non-hydrogen) atoms. The molecule has 0 radical (unpaired) electrons. The lowest BCUT2D eigenvalue weighted by atomic mass is 10.3. The van der Waals surface area contributed by atoms with Gasteiger partial charge in [-0.05, 0) is 25.0 Å². The second kappa shape index (κ2) is 4.56. The van der Waals surface area contributed by atoms with Gasteiger partial charge in [0.15, 0.2) is 0 Å². The highest BCUT2D eigenvalue weighted by atomic mass is 35.5. The van der Waals surface area contributed by atoms with Crippen LogP contribution in [0, 0.1) is 5.82 Å². The van der Waals surface area contributed by atoms with E-state index in [0.717, 1.165) is 12.8 Å². The summed E-state index contributed by atoms with van der Waals surface area (Å²) in [6, 6.07) is 4.12. The van der Waals surface area contributed by atoms with Crippen molar-refractivity contribution in [3.8, 4) is 5.75 Å². The van der Waals surface area contributed by atoms with Gasteiger partial charge in [0.25, 0.3) is 0 Å². The first kappa shape index (κ1) is 12.6. The van der Waals surface area contributed by atoms with E-state index < -0.39 is 5.82 Å². The standard InChI is InChI=1S/C10H11ClFNO.ClH/c11-7-3-8(12)5-9(4-7)14-6-10(13)1-2-10;/h3-5H,1-2,6,13H2;1H. The van der Waals surface area contributed by atoms with Gasteiger partial charge in [-0.1, -0.05) is 11.6 Å². The van der Waals surface area contributed by atoms with Crippen LogP contribution in [0.3, 0.4) is 0 Å². The van der Waals surface area contributed by atoms with Crippen molar-refractivity contribution in [1.29, 1.82) is 0 Å². The average molecular weight is 252 g/mol. The molecule has 84 valence electrons. The van der Waals surface area contributed by atoms with Crippen molar-refractivity contribution in [2.24, 2.45) is 5.73 Å². The Kier molecular flexibility index (Phi) is 3.82. The number of ether oxygens (including phenoxy) is 1. The predicted octanol–water partition coefficient (Wildman–Crippen LogP) is 2.77. The van der Waals surface area contributed by atoms with Gasteiger partial charge in [0, 0.05) is 11.1 Å². The molecule has 0 aliphatic heterocycles. The summed E-state index contributed by atoms with van der Waals surface area (Å²) in [5.41, 5.74) is 5.62. The summed E-state index contributed by atoms with van der Waals surface area (Å²) in [6.07, 6.45) is 1.94. The number of rotatable bonds is 3. The van der Waals surface area contributed by atoms with E-state index in [1.165, 1.54) is 12.1 Å². The third-order valence-electron chi connectivity index (χ3n) is 2.25. The molecule has 1 aromatic rings. The van der Waals surface area contributed by atoms with Crippen molar-refractivity contribution in [2.45, 2.75) is 18.4 Å². The first-order chi connectivity index (χ1) is 6.57. The largest absolute Gasteiger partial charge is 0.492 e. The topological polar surface area (TPSA) is 35.2 Å². The summed E-state index contributed by atoms with van der Waals surface area (Å²) in [7, 11) is 0. The molecule has 0 bridgehead atoms. The SMILES string of the molecule is Cl.NC1(COc2cc(F)cc(Cl)c2)CC1. The summed E-state index contributed by atoms with van der Waals surface area (Å²) >= 11 is 5.66. The maximum Gasteiger partial charge on any atom is 0.128 e. The zero-order valence-electron chi connectivity index (χ0n) is 8.00. The van der Waals surface area contributed by atoms with E-state index in [4.69, 9.17) is 22.1 Å². The highest BCUT2D eigenvalue weighted by Crippen LogP contribution is 2.33. The molecule has 0 unspecified atom stereocenters. The van der Waals surface area contributed by atoms with Crippen LogP contribution in [0.5, 0.6) is 5.75 Å². The summed E-state index contributed by atoms with van der Waals surface area (Å²) in [5, 5.41) is 0.335. The third kappa shape index (κ3) is 3.52. The Labute approximate surface area is 99.0 Å². The smallest absolute Gasteiger partial charge is 0.128 e. The Morgan fingerprint density at radius 2 is 2.07 bits per heavy atom. The van der Waals surface area contributed by atoms with Crippen molar-refractivity contribution in [3.05, 3.63) is 29.0 Å². The molecule has 5 heteroatoms. The maximum absolute atomic E-state index is 12.9. The van der Waals surface area contributed by atoms with Crippen LogP contribution in [-0.4, -0.2) is 12.1 Å². The van der Waals surface area contributed by atoms with Crippen molar-refractivity contribution >= 4 is 24.0 Å². The molecule has 2 nitrogen and oxygen atoms in total. The van der Waals surface area contributed by atoms with E-state index in [0.29, 0.717) is 17.4 Å². The number of benzene rings is 1. The van der Waals surface area contributed by atoms with Crippen LogP contribution in [0.4, 0.5) is 4.39 Å². The van der Waals surface area contributed by atoms with E-state index in [2.05, 4.69) is 0 Å². The minimum absolute atomic E-state index is 0. The zero-order valence-corrected chi connectivity index (χ0v) is 9.58. The van der Waals surface area contributed by atoms with Crippen LogP contribution in [-0.2, 0) is 0 Å². The molecule has 1 aliphatic carbocycles. The Morgan fingerprint density at radius 1 is 1.40 bits per heavy atom. The molecule has 2 N–H and O–H groups in total. The summed E-state index contributed by atoms with van der Waals surface area (Å²) < 4.78 is 18.2. The Morgan fingerprint density at radius 3 is 2.60 bits per heavy atom. The Balaban J connectivity index is 0.00000112. The maximum atomic E-state index is 12.9. The third-order valence-corrected chi connectivity index (χ3v) is 2.47. The van der Waals surface area contributed by atoms with Crippen LogP contribution in [0.15, 0.2) is 18.2 Å². The predicted molar refractivity (Wildman–Crippen MR) is 60.3 cm³/mol. The molecule has 1 saturated carbocycles. The van der Waals surface area contributed by atoms with Crippen LogP contribution >= 0.6 is 24.0 Å². The normalized spacial score (nSPS) is 16.7. The lowest BCUT2D eigenvalue weighted by Gasteiger charge is -2.11. The molecule has 0 spiro atoms. The van der Waals surface area contributed by atoms with Gasteiger partial charge in [-0.2, -0.15) is 0 Å². The molecule has 0 aromatic heterocycles. The van der Waals surface area contributed by atoms with Crippen LogP contribution < -0.4 is 10.5 Å². The Hall–Kier alpha value is -0.510. The monoisotopic (exact) mass is 251 g/mol. The second-order valence-electron chi connectivity index (χ2n) is 3.76. The van der Waals surface area contributed by atoms with Crippen molar-refractivity contribution < 1.29 is 9.13 Å². The highest BCUT2D eigenvalue weighted by Gasteiger charge is 2.39. The molecule has 2 rings (SSSR count). The lowest BCUT2D eigenvalue weighted by molar-refractivity contribution is 0.278. The first-order valence-corrected chi connectivity index (χ1v) is 4.83. The van der Waals surface area contributed by atoms with E-state index in [-0.39, 0.29) is 17.9 Å². The van der Waals surface area contributed by atoms with Gasteiger partial charge >= 0.3 is 0 Å². The zero-order chi connectivity index (χ0) is 10.2. The molecule has 1 fully saturated rings. The van der Waals surface area contributed by atoms with Gasteiger partial charge in [0.2, 0.25) is 0 Å². The number of hydrogen-bond acceptors (Lipinski definition) is 2. The van der Waals surface area contributed by atoms with Crippen molar-refractivity contribution in [3.63, 3.8) is 0 Å². The van der Waals surface area contributed by atoms with Gasteiger partial charge in [-0.3, -0.25) is 0 Å². The van der Waals surface area contributed by atoms with Gasteiger partial charge in [-0.25, -0.2) is 4.39 Å². The van der Waals surface area contributed by atoms with Crippen LogP contribution in [0.1, 0.15) is 12.8 Å². The van der Waals surface area contributed by atoms with Gasteiger partial charge in [-0.15, -0.1) is 12.4 Å². The summed E-state index contributed by atoms with van der Waals surface area (Å²) in [4.78, 5) is 0. The molecule has 1 aliphatic rings. The van der Waals surface area contributed by atoms with E-state index in [9.17, 15) is 4.39 Å². The fourth-order valence-electron chi connectivity index (χ4n) is 1.14. The lowest BCUT2D eigenvalue weighted by Crippen LogP contribution is -2.29. The highest BCUT2D eigenvalue weighted by molar-refractivity contribution is 6.30. The fourth-order valence-corrected chi connectivity index (χ4v) is 1.36. The number of halogens is 3. The van der Waals surface area contributed by atoms with E-state index in [1.807, 2.05) is 0 Å². The van der Waals surface area contributed by atoms with Crippen molar-refractivity contribution in [2.75, 3.05) is 6.61 Å². The quantitative estimate of drug-likeness (QED) is 0.897. The molecule has 0 heterocycles. The second-order valence-corrected chi connectivity index (χ2v) is 4.19. The van der Waals surface area contributed by atoms with Gasteiger partial charge in [0.1, 0.15) is 18.2 Å². The number of nitrogens with two attached hydrogens (primary N) is 1. The van der Waals surface area contributed by atoms with Crippen molar-refractivity contribution in [1.82, 2.24) is 0 Å². The molecular formula is C10H12Cl2FNO. The molecule has 0 amide bonds. The minimum atomic E-state index is -0.394. The van der Waals surface area contributed by atoms with Gasteiger partial charge < -0.3 is 10.5 Å². The van der Waals surface area contributed by atoms with Crippen LogP contribution in [0.2, 0.25) is 5.02 Å². The number of hydrogen-bond donors (Lipinski definition) is 1. The first-order valence-electron chi connectivity index (χ1n) is 4.45. The molecule has 1 aromatic carbocycles. The molecular weight excluding hydrogens is 240 g/mol. The van der Waals surface area contributed by atoms with E-state index >= 15 is 0 Å². The van der Waals surface area contributed by atoms with Crippen LogP contribution in [0.25, 0.3) is 0 Å². The summed E-state index contributed by atoms with van der Waals surface area (Å²) in [6.45, 7) is 0.423. The fraction of sp³-hybridized carbons (Fsp3) is 0.400.